The van der Waals surface area contributed by atoms with Crippen molar-refractivity contribution >= 4 is 33.6 Å². The Bertz CT molecular complexity index is 447. The highest BCUT2D eigenvalue weighted by Gasteiger charge is 2.32. The molecule has 2 N–H and O–H groups in total. The van der Waals surface area contributed by atoms with Crippen LogP contribution in [0.5, 0.6) is 0 Å². The van der Waals surface area contributed by atoms with E-state index in [2.05, 4.69) is 25.4 Å². The molecule has 0 aliphatic rings. The molecule has 1 aromatic carbocycles. The molecule has 0 unspecified atom stereocenters. The van der Waals surface area contributed by atoms with Gasteiger partial charge in [-0.15, -0.1) is 0 Å². The molecule has 0 saturated carbocycles. The van der Waals surface area contributed by atoms with Crippen molar-refractivity contribution in [3.8, 4) is 0 Å². The normalized spacial score (nSPS) is 10.1. The largest absolute Gasteiger partial charge is 0.468 e. The third-order valence-electron chi connectivity index (χ3n) is 2.32. The second-order valence-corrected chi connectivity index (χ2v) is 4.24. The summed E-state index contributed by atoms with van der Waals surface area (Å²) in [5.41, 5.74) is 2.41. The summed E-state index contributed by atoms with van der Waals surface area (Å²) in [5.74, 6) is -2.77. The average molecular weight is 318 g/mol. The molecule has 0 heterocycles. The Balaban J connectivity index is 3.28. The first-order valence-corrected chi connectivity index (χ1v) is 5.69. The maximum absolute atomic E-state index is 11.6. The first-order chi connectivity index (χ1) is 8.54. The minimum Gasteiger partial charge on any atom is -0.468 e. The summed E-state index contributed by atoms with van der Waals surface area (Å²) < 4.78 is 9.79. The Kier molecular flexibility index (Phi) is 5.11. The van der Waals surface area contributed by atoms with Crippen molar-refractivity contribution in [3.63, 3.8) is 0 Å². The van der Waals surface area contributed by atoms with Gasteiger partial charge in [0, 0.05) is 10.0 Å². The maximum Gasteiger partial charge on any atom is 0.324 e. The van der Waals surface area contributed by atoms with Gasteiger partial charge in [0.15, 0.2) is 5.92 Å². The van der Waals surface area contributed by atoms with Gasteiger partial charge in [-0.25, -0.2) is 0 Å². The second-order valence-electron chi connectivity index (χ2n) is 3.32. The van der Waals surface area contributed by atoms with Gasteiger partial charge in [-0.3, -0.25) is 20.3 Å². The average Bonchev–Trinajstić information content (AvgIpc) is 2.39. The van der Waals surface area contributed by atoms with Crippen LogP contribution in [0.1, 0.15) is 11.5 Å². The second kappa shape index (κ2) is 6.36. The van der Waals surface area contributed by atoms with Crippen molar-refractivity contribution in [2.45, 2.75) is 5.92 Å². The number of hydrogen-bond acceptors (Lipinski definition) is 6. The number of benzene rings is 1. The van der Waals surface area contributed by atoms with Gasteiger partial charge >= 0.3 is 11.9 Å². The lowest BCUT2D eigenvalue weighted by molar-refractivity contribution is -0.154. The third-order valence-corrected chi connectivity index (χ3v) is 2.81. The van der Waals surface area contributed by atoms with Crippen molar-refractivity contribution in [1.29, 1.82) is 0 Å². The summed E-state index contributed by atoms with van der Waals surface area (Å²) in [4.78, 5) is 23.2. The van der Waals surface area contributed by atoms with Crippen LogP contribution in [0, 0.1) is 0 Å². The first kappa shape index (κ1) is 14.5. The highest BCUT2D eigenvalue weighted by atomic mass is 79.9. The van der Waals surface area contributed by atoms with E-state index in [1.165, 1.54) is 26.4 Å². The van der Waals surface area contributed by atoms with E-state index < -0.39 is 17.9 Å². The van der Waals surface area contributed by atoms with E-state index in [0.29, 0.717) is 4.47 Å². The van der Waals surface area contributed by atoms with E-state index in [9.17, 15) is 9.59 Å². The predicted octanol–water partition coefficient (Wildman–Crippen LogP) is 1.68. The minimum atomic E-state index is -1.25. The zero-order valence-electron chi connectivity index (χ0n) is 9.77. The zero-order chi connectivity index (χ0) is 13.7. The Labute approximate surface area is 112 Å². The highest BCUT2D eigenvalue weighted by molar-refractivity contribution is 9.10. The van der Waals surface area contributed by atoms with Crippen molar-refractivity contribution in [3.05, 3.63) is 28.2 Å². The van der Waals surface area contributed by atoms with Crippen molar-refractivity contribution in [2.24, 2.45) is 0 Å². The maximum atomic E-state index is 11.6. The summed E-state index contributed by atoms with van der Waals surface area (Å²) in [6.07, 6.45) is 0. The fraction of sp³-hybridized carbons (Fsp3) is 0.273. The van der Waals surface area contributed by atoms with Crippen LogP contribution in [-0.2, 0) is 19.1 Å². The Hall–Kier alpha value is -1.60. The van der Waals surface area contributed by atoms with Crippen LogP contribution in [0.4, 0.5) is 5.69 Å². The molecule has 0 aliphatic heterocycles. The Morgan fingerprint density at radius 1 is 1.28 bits per heavy atom. The van der Waals surface area contributed by atoms with Gasteiger partial charge in [-0.2, -0.15) is 0 Å². The number of anilines is 1. The lowest BCUT2D eigenvalue weighted by atomic mass is 9.97. The van der Waals surface area contributed by atoms with Crippen LogP contribution in [0.25, 0.3) is 0 Å². The van der Waals surface area contributed by atoms with E-state index in [1.807, 2.05) is 5.48 Å². The molecule has 0 amide bonds. The molecule has 0 aromatic heterocycles. The molecule has 0 radical (unpaired) electrons. The Morgan fingerprint density at radius 2 is 1.83 bits per heavy atom. The number of hydrogen-bond donors (Lipinski definition) is 2. The van der Waals surface area contributed by atoms with Crippen LogP contribution in [0.3, 0.4) is 0 Å². The molecule has 7 heteroatoms. The molecule has 98 valence electrons. The fourth-order valence-corrected chi connectivity index (χ4v) is 1.82. The number of nitrogens with one attached hydrogen (secondary N) is 1. The lowest BCUT2D eigenvalue weighted by Crippen LogP contribution is -2.25. The quantitative estimate of drug-likeness (QED) is 0.499. The smallest absolute Gasteiger partial charge is 0.324 e. The standard InChI is InChI=1S/C11H12BrNO5/c1-17-10(14)9(11(15)18-2)7-4-3-6(12)5-8(7)13-16/h3-5,9,13,16H,1-2H3. The molecule has 0 aliphatic carbocycles. The number of esters is 2. The van der Waals surface area contributed by atoms with E-state index in [0.717, 1.165) is 0 Å². The van der Waals surface area contributed by atoms with Crippen LogP contribution >= 0.6 is 15.9 Å². The molecule has 0 fully saturated rings. The first-order valence-electron chi connectivity index (χ1n) is 4.90. The van der Waals surface area contributed by atoms with Gasteiger partial charge in [-0.1, -0.05) is 22.0 Å². The summed E-state index contributed by atoms with van der Waals surface area (Å²) in [5, 5.41) is 9.03. The van der Waals surface area contributed by atoms with Crippen molar-refractivity contribution < 1.29 is 24.3 Å². The monoisotopic (exact) mass is 317 g/mol. The van der Waals surface area contributed by atoms with E-state index in [4.69, 9.17) is 5.21 Å². The highest BCUT2D eigenvalue weighted by Crippen LogP contribution is 2.29. The van der Waals surface area contributed by atoms with Crippen LogP contribution in [0.2, 0.25) is 0 Å². The van der Waals surface area contributed by atoms with Gasteiger partial charge in [0.1, 0.15) is 0 Å². The minimum absolute atomic E-state index is 0.213. The zero-order valence-corrected chi connectivity index (χ0v) is 11.4. The van der Waals surface area contributed by atoms with Crippen LogP contribution < -0.4 is 5.48 Å². The van der Waals surface area contributed by atoms with Gasteiger partial charge in [-0.05, 0) is 12.1 Å². The SMILES string of the molecule is COC(=O)C(C(=O)OC)c1ccc(Br)cc1NO. The fourth-order valence-electron chi connectivity index (χ4n) is 1.46. The number of halogens is 1. The van der Waals surface area contributed by atoms with E-state index in [1.54, 1.807) is 6.07 Å². The van der Waals surface area contributed by atoms with Gasteiger partial charge in [0.2, 0.25) is 0 Å². The van der Waals surface area contributed by atoms with Gasteiger partial charge < -0.3 is 9.47 Å². The number of carbonyl (C=O) groups excluding carboxylic acids is 2. The molecule has 1 aromatic rings. The van der Waals surface area contributed by atoms with E-state index >= 15 is 0 Å². The summed E-state index contributed by atoms with van der Waals surface area (Å²) in [7, 11) is 2.34. The van der Waals surface area contributed by atoms with E-state index in [-0.39, 0.29) is 11.3 Å². The molecule has 0 bridgehead atoms. The summed E-state index contributed by atoms with van der Waals surface area (Å²) in [6, 6.07) is 4.67. The molecular weight excluding hydrogens is 306 g/mol. The van der Waals surface area contributed by atoms with Crippen molar-refractivity contribution in [2.75, 3.05) is 19.7 Å². The van der Waals surface area contributed by atoms with Crippen LogP contribution in [0.15, 0.2) is 22.7 Å². The Morgan fingerprint density at radius 3 is 2.28 bits per heavy atom. The molecule has 6 nitrogen and oxygen atoms in total. The lowest BCUT2D eigenvalue weighted by Gasteiger charge is -2.16. The van der Waals surface area contributed by atoms with Gasteiger partial charge in [0.25, 0.3) is 0 Å². The number of rotatable bonds is 4. The molecule has 0 spiro atoms. The number of methoxy groups -OCH3 is 2. The summed E-state index contributed by atoms with van der Waals surface area (Å²) in [6.45, 7) is 0. The molecular formula is C11H12BrNO5. The van der Waals surface area contributed by atoms with Gasteiger partial charge in [0.05, 0.1) is 19.9 Å². The number of ether oxygens (including phenoxy) is 2. The van der Waals surface area contributed by atoms with Crippen molar-refractivity contribution in [1.82, 2.24) is 0 Å². The van der Waals surface area contributed by atoms with Crippen LogP contribution in [-0.4, -0.2) is 31.4 Å². The molecule has 18 heavy (non-hydrogen) atoms. The molecule has 0 atom stereocenters. The third kappa shape index (κ3) is 2.99. The number of carbonyl (C=O) groups is 2. The predicted molar refractivity (Wildman–Crippen MR) is 66.3 cm³/mol. The molecule has 0 saturated heterocycles. The topological polar surface area (TPSA) is 84.9 Å². The summed E-state index contributed by atoms with van der Waals surface area (Å²) >= 11 is 3.21. The molecule has 1 rings (SSSR count).